The van der Waals surface area contributed by atoms with Crippen LogP contribution < -0.4 is 0 Å². The van der Waals surface area contributed by atoms with Gasteiger partial charge in [-0.1, -0.05) is 24.3 Å². The van der Waals surface area contributed by atoms with Gasteiger partial charge < -0.3 is 0 Å². The Labute approximate surface area is 100.0 Å². The van der Waals surface area contributed by atoms with Crippen LogP contribution in [0.3, 0.4) is 0 Å². The summed E-state index contributed by atoms with van der Waals surface area (Å²) in [4.78, 5) is 15.9. The number of allylic oxidation sites excluding steroid dienone is 2. The highest BCUT2D eigenvalue weighted by Crippen LogP contribution is 2.29. The van der Waals surface area contributed by atoms with Crippen LogP contribution in [0.15, 0.2) is 42.6 Å². The molecular weight excluding hydrogens is 210 g/mol. The van der Waals surface area contributed by atoms with Crippen molar-refractivity contribution in [2.75, 3.05) is 0 Å². The number of ketones is 1. The zero-order valence-corrected chi connectivity index (χ0v) is 9.52. The minimum atomic E-state index is 0.235. The minimum absolute atomic E-state index is 0.235. The largest absolute Gasteiger partial charge is 0.295 e. The Kier molecular flexibility index (Phi) is 2.48. The van der Waals surface area contributed by atoms with Crippen molar-refractivity contribution in [3.63, 3.8) is 0 Å². The Balaban J connectivity index is 2.20. The molecule has 0 saturated heterocycles. The summed E-state index contributed by atoms with van der Waals surface area (Å²) >= 11 is 0. The van der Waals surface area contributed by atoms with Gasteiger partial charge in [0.1, 0.15) is 0 Å². The normalized spacial score (nSPS) is 16.0. The number of pyridine rings is 1. The van der Waals surface area contributed by atoms with Crippen LogP contribution in [-0.4, -0.2) is 10.8 Å². The molecule has 0 unspecified atom stereocenters. The summed E-state index contributed by atoms with van der Waals surface area (Å²) in [5.41, 5.74) is 3.23. The highest BCUT2D eigenvalue weighted by molar-refractivity contribution is 6.02. The van der Waals surface area contributed by atoms with Crippen LogP contribution in [0, 0.1) is 0 Å². The molecule has 2 aromatic rings. The number of carbonyl (C=O) groups is 1. The van der Waals surface area contributed by atoms with E-state index in [1.807, 2.05) is 12.1 Å². The lowest BCUT2D eigenvalue weighted by Gasteiger charge is -2.13. The van der Waals surface area contributed by atoms with Crippen LogP contribution in [0.2, 0.25) is 0 Å². The minimum Gasteiger partial charge on any atom is -0.295 e. The predicted molar refractivity (Wildman–Crippen MR) is 68.6 cm³/mol. The summed E-state index contributed by atoms with van der Waals surface area (Å²) in [6.07, 6.45) is 6.20. The number of aromatic nitrogens is 1. The van der Waals surface area contributed by atoms with E-state index < -0.39 is 0 Å². The first-order valence-corrected chi connectivity index (χ1v) is 5.92. The molecule has 0 N–H and O–H groups in total. The van der Waals surface area contributed by atoms with E-state index in [-0.39, 0.29) is 5.78 Å². The lowest BCUT2D eigenvalue weighted by Crippen LogP contribution is -2.02. The summed E-state index contributed by atoms with van der Waals surface area (Å²) in [7, 11) is 0. The Hall–Kier alpha value is -1.96. The zero-order valence-electron chi connectivity index (χ0n) is 9.52. The standard InChI is InChI=1S/C15H13NO/c17-13-7-1-5-12(10-13)14-8-2-4-11-6-3-9-16-15(11)14/h2-4,6,8-10H,1,5,7H2. The molecule has 0 atom stereocenters. The molecule has 0 bridgehead atoms. The predicted octanol–water partition coefficient (Wildman–Crippen LogP) is 3.37. The van der Waals surface area contributed by atoms with Crippen LogP contribution in [0.5, 0.6) is 0 Å². The Bertz CT molecular complexity index is 608. The van der Waals surface area contributed by atoms with Gasteiger partial charge in [0.25, 0.3) is 0 Å². The number of fused-ring (bicyclic) bond motifs is 1. The molecule has 84 valence electrons. The number of benzene rings is 1. The summed E-state index contributed by atoms with van der Waals surface area (Å²) in [6.45, 7) is 0. The van der Waals surface area contributed by atoms with Crippen molar-refractivity contribution >= 4 is 22.3 Å². The molecular formula is C15H13NO. The van der Waals surface area contributed by atoms with Crippen LogP contribution in [0.1, 0.15) is 24.8 Å². The van der Waals surface area contributed by atoms with Crippen molar-refractivity contribution < 1.29 is 4.79 Å². The second kappa shape index (κ2) is 4.13. The number of hydrogen-bond donors (Lipinski definition) is 0. The van der Waals surface area contributed by atoms with Crippen molar-refractivity contribution in [2.24, 2.45) is 0 Å². The Morgan fingerprint density at radius 3 is 2.82 bits per heavy atom. The Morgan fingerprint density at radius 2 is 1.94 bits per heavy atom. The average Bonchev–Trinajstić information content (AvgIpc) is 2.38. The van der Waals surface area contributed by atoms with Crippen LogP contribution >= 0.6 is 0 Å². The molecule has 2 heteroatoms. The topological polar surface area (TPSA) is 30.0 Å². The van der Waals surface area contributed by atoms with E-state index in [1.54, 1.807) is 12.3 Å². The molecule has 17 heavy (non-hydrogen) atoms. The maximum atomic E-state index is 11.5. The molecule has 1 aliphatic rings. The van der Waals surface area contributed by atoms with Gasteiger partial charge in [0.05, 0.1) is 5.52 Å². The first kappa shape index (κ1) is 10.2. The molecule has 1 aromatic carbocycles. The lowest BCUT2D eigenvalue weighted by atomic mass is 9.92. The quantitative estimate of drug-likeness (QED) is 0.741. The van der Waals surface area contributed by atoms with E-state index in [1.165, 1.54) is 0 Å². The van der Waals surface area contributed by atoms with Gasteiger partial charge >= 0.3 is 0 Å². The van der Waals surface area contributed by atoms with Gasteiger partial charge in [0, 0.05) is 23.6 Å². The molecule has 0 saturated carbocycles. The lowest BCUT2D eigenvalue weighted by molar-refractivity contribution is -0.114. The van der Waals surface area contributed by atoms with E-state index >= 15 is 0 Å². The maximum absolute atomic E-state index is 11.5. The number of para-hydroxylation sites is 1. The fourth-order valence-electron chi connectivity index (χ4n) is 2.37. The molecule has 0 amide bonds. The molecule has 0 fully saturated rings. The first-order chi connectivity index (χ1) is 8.34. The molecule has 0 aliphatic heterocycles. The van der Waals surface area contributed by atoms with Crippen molar-refractivity contribution in [1.29, 1.82) is 0 Å². The van der Waals surface area contributed by atoms with Gasteiger partial charge in [0.2, 0.25) is 0 Å². The third-order valence-electron chi connectivity index (χ3n) is 3.18. The van der Waals surface area contributed by atoms with E-state index in [0.29, 0.717) is 6.42 Å². The smallest absolute Gasteiger partial charge is 0.155 e. The van der Waals surface area contributed by atoms with Crippen LogP contribution in [0.4, 0.5) is 0 Å². The van der Waals surface area contributed by atoms with Gasteiger partial charge in [-0.2, -0.15) is 0 Å². The molecule has 0 radical (unpaired) electrons. The van der Waals surface area contributed by atoms with Gasteiger partial charge in [-0.15, -0.1) is 0 Å². The zero-order chi connectivity index (χ0) is 11.7. The number of carbonyl (C=O) groups excluding carboxylic acids is 1. The molecule has 1 heterocycles. The van der Waals surface area contributed by atoms with Crippen molar-refractivity contribution in [2.45, 2.75) is 19.3 Å². The number of rotatable bonds is 1. The first-order valence-electron chi connectivity index (χ1n) is 5.92. The molecule has 1 aliphatic carbocycles. The van der Waals surface area contributed by atoms with E-state index in [0.717, 1.165) is 34.9 Å². The van der Waals surface area contributed by atoms with Crippen molar-refractivity contribution in [3.8, 4) is 0 Å². The summed E-state index contributed by atoms with van der Waals surface area (Å²) in [5.74, 6) is 0.235. The maximum Gasteiger partial charge on any atom is 0.155 e. The third kappa shape index (κ3) is 1.86. The fraction of sp³-hybridized carbons (Fsp3) is 0.200. The van der Waals surface area contributed by atoms with Crippen LogP contribution in [-0.2, 0) is 4.79 Å². The molecule has 3 rings (SSSR count). The second-order valence-corrected chi connectivity index (χ2v) is 4.37. The highest BCUT2D eigenvalue weighted by atomic mass is 16.1. The summed E-state index contributed by atoms with van der Waals surface area (Å²) in [5, 5.41) is 1.13. The SMILES string of the molecule is O=C1C=C(c2cccc3cccnc23)CCC1. The number of nitrogens with zero attached hydrogens (tertiary/aromatic N) is 1. The highest BCUT2D eigenvalue weighted by Gasteiger charge is 2.13. The molecule has 0 spiro atoms. The van der Waals surface area contributed by atoms with Crippen LogP contribution in [0.25, 0.3) is 16.5 Å². The third-order valence-corrected chi connectivity index (χ3v) is 3.18. The fourth-order valence-corrected chi connectivity index (χ4v) is 2.37. The summed E-state index contributed by atoms with van der Waals surface area (Å²) in [6, 6.07) is 10.1. The molecule has 1 aromatic heterocycles. The van der Waals surface area contributed by atoms with E-state index in [4.69, 9.17) is 0 Å². The van der Waals surface area contributed by atoms with Crippen molar-refractivity contribution in [1.82, 2.24) is 4.98 Å². The average molecular weight is 223 g/mol. The van der Waals surface area contributed by atoms with E-state index in [9.17, 15) is 4.79 Å². The summed E-state index contributed by atoms with van der Waals surface area (Å²) < 4.78 is 0. The Morgan fingerprint density at radius 1 is 1.06 bits per heavy atom. The van der Waals surface area contributed by atoms with Gasteiger partial charge in [-0.3, -0.25) is 9.78 Å². The number of hydrogen-bond acceptors (Lipinski definition) is 2. The van der Waals surface area contributed by atoms with Gasteiger partial charge in [-0.05, 0) is 30.6 Å². The van der Waals surface area contributed by atoms with Gasteiger partial charge in [0.15, 0.2) is 5.78 Å². The van der Waals surface area contributed by atoms with Gasteiger partial charge in [-0.25, -0.2) is 0 Å². The second-order valence-electron chi connectivity index (χ2n) is 4.37. The monoisotopic (exact) mass is 223 g/mol. The van der Waals surface area contributed by atoms with E-state index in [2.05, 4.69) is 23.2 Å². The van der Waals surface area contributed by atoms with Crippen molar-refractivity contribution in [3.05, 3.63) is 48.2 Å². The molecule has 2 nitrogen and oxygen atoms in total.